The van der Waals surface area contributed by atoms with Crippen LogP contribution in [0.5, 0.6) is 5.75 Å². The number of fused-ring (bicyclic) bond motifs is 1. The number of benzene rings is 2. The summed E-state index contributed by atoms with van der Waals surface area (Å²) in [6.45, 7) is 1.04. The van der Waals surface area contributed by atoms with Crippen LogP contribution in [0.3, 0.4) is 0 Å². The summed E-state index contributed by atoms with van der Waals surface area (Å²) in [7, 11) is 1.60. The van der Waals surface area contributed by atoms with Gasteiger partial charge in [0.05, 0.1) is 42.6 Å². The molecule has 2 aromatic heterocycles. The number of nitrogens with zero attached hydrogens (tertiary/aromatic N) is 5. The Balaban J connectivity index is 1.56. The van der Waals surface area contributed by atoms with Crippen molar-refractivity contribution in [2.45, 2.75) is 32.0 Å². The first kappa shape index (κ1) is 20.9. The molecule has 166 valence electrons. The highest BCUT2D eigenvalue weighted by Gasteiger charge is 2.19. The molecule has 0 aliphatic carbocycles. The van der Waals surface area contributed by atoms with Crippen molar-refractivity contribution in [3.8, 4) is 22.9 Å². The maximum Gasteiger partial charge on any atom is 0.262 e. The normalized spacial score (nSPS) is 15.9. The molecule has 1 fully saturated rings. The van der Waals surface area contributed by atoms with E-state index in [9.17, 15) is 10.1 Å². The number of aromatic nitrogens is 4. The van der Waals surface area contributed by atoms with E-state index < -0.39 is 0 Å². The van der Waals surface area contributed by atoms with Gasteiger partial charge >= 0.3 is 0 Å². The summed E-state index contributed by atoms with van der Waals surface area (Å²) < 4.78 is 14.4. The Bertz CT molecular complexity index is 1410. The summed E-state index contributed by atoms with van der Waals surface area (Å²) in [5, 5.41) is 14.8. The van der Waals surface area contributed by atoms with Gasteiger partial charge in [0.1, 0.15) is 18.0 Å². The van der Waals surface area contributed by atoms with Gasteiger partial charge in [0, 0.05) is 23.9 Å². The molecule has 1 atom stereocenters. The lowest BCUT2D eigenvalue weighted by atomic mass is 9.99. The molecule has 1 aliphatic heterocycles. The monoisotopic (exact) mass is 441 g/mol. The topological polar surface area (TPSA) is 95.0 Å². The molecule has 1 saturated heterocycles. The summed E-state index contributed by atoms with van der Waals surface area (Å²) in [5.41, 5.74) is 2.86. The molecule has 4 aromatic rings. The van der Waals surface area contributed by atoms with Crippen molar-refractivity contribution >= 4 is 10.9 Å². The molecule has 5 rings (SSSR count). The van der Waals surface area contributed by atoms with E-state index >= 15 is 0 Å². The highest BCUT2D eigenvalue weighted by Crippen LogP contribution is 2.29. The van der Waals surface area contributed by atoms with E-state index in [1.165, 1.54) is 10.9 Å². The molecule has 0 spiro atoms. The van der Waals surface area contributed by atoms with Gasteiger partial charge in [-0.1, -0.05) is 18.2 Å². The summed E-state index contributed by atoms with van der Waals surface area (Å²) >= 11 is 0. The summed E-state index contributed by atoms with van der Waals surface area (Å²) in [5.74, 6) is 0.716. The Labute approximate surface area is 190 Å². The number of methoxy groups -OCH3 is 1. The van der Waals surface area contributed by atoms with Crippen molar-refractivity contribution in [2.24, 2.45) is 0 Å². The second-order valence-electron chi connectivity index (χ2n) is 8.05. The van der Waals surface area contributed by atoms with Crippen molar-refractivity contribution in [3.05, 3.63) is 76.6 Å². The van der Waals surface area contributed by atoms with Crippen molar-refractivity contribution in [1.29, 1.82) is 5.26 Å². The minimum atomic E-state index is -0.260. The third-order valence-corrected chi connectivity index (χ3v) is 5.96. The van der Waals surface area contributed by atoms with Crippen LogP contribution in [0.1, 0.15) is 36.6 Å². The van der Waals surface area contributed by atoms with Gasteiger partial charge in [-0.15, -0.1) is 0 Å². The molecule has 8 nitrogen and oxygen atoms in total. The van der Waals surface area contributed by atoms with Crippen LogP contribution < -0.4 is 10.3 Å². The van der Waals surface area contributed by atoms with Gasteiger partial charge in [-0.05, 0) is 43.0 Å². The highest BCUT2D eigenvalue weighted by molar-refractivity contribution is 5.91. The first-order valence-corrected chi connectivity index (χ1v) is 10.9. The smallest absolute Gasteiger partial charge is 0.262 e. The SMILES string of the molecule is COc1cccc(Cn2cnc3ccc(-c4cnn(C5CCCCO5)c4)c(C#N)c3c2=O)c1. The fraction of sp³-hybridized carbons (Fsp3) is 0.280. The first-order valence-electron chi connectivity index (χ1n) is 10.9. The molecular formula is C25H23N5O3. The van der Waals surface area contributed by atoms with Crippen LogP contribution in [0.2, 0.25) is 0 Å². The number of hydrogen-bond acceptors (Lipinski definition) is 6. The van der Waals surface area contributed by atoms with Crippen LogP contribution >= 0.6 is 0 Å². The van der Waals surface area contributed by atoms with Crippen LogP contribution in [0.4, 0.5) is 0 Å². The minimum Gasteiger partial charge on any atom is -0.497 e. The largest absolute Gasteiger partial charge is 0.497 e. The molecule has 33 heavy (non-hydrogen) atoms. The van der Waals surface area contributed by atoms with Crippen molar-refractivity contribution in [3.63, 3.8) is 0 Å². The minimum absolute atomic E-state index is 0.0970. The van der Waals surface area contributed by atoms with Crippen LogP contribution in [-0.2, 0) is 11.3 Å². The van der Waals surface area contributed by atoms with Crippen LogP contribution in [0.25, 0.3) is 22.0 Å². The van der Waals surface area contributed by atoms with Crippen LogP contribution in [-0.4, -0.2) is 33.0 Å². The van der Waals surface area contributed by atoms with E-state index in [4.69, 9.17) is 9.47 Å². The predicted molar refractivity (Wildman–Crippen MR) is 123 cm³/mol. The van der Waals surface area contributed by atoms with Gasteiger partial charge in [-0.3, -0.25) is 9.36 Å². The van der Waals surface area contributed by atoms with E-state index in [0.717, 1.165) is 37.0 Å². The molecule has 3 heterocycles. The first-order chi connectivity index (χ1) is 16.2. The number of rotatable bonds is 5. The van der Waals surface area contributed by atoms with Gasteiger partial charge in [0.15, 0.2) is 0 Å². The van der Waals surface area contributed by atoms with E-state index in [0.29, 0.717) is 34.3 Å². The Morgan fingerprint density at radius 3 is 2.97 bits per heavy atom. The lowest BCUT2D eigenvalue weighted by Crippen LogP contribution is -2.22. The molecule has 1 unspecified atom stereocenters. The zero-order valence-electron chi connectivity index (χ0n) is 18.3. The number of ether oxygens (including phenoxy) is 2. The average molecular weight is 441 g/mol. The van der Waals surface area contributed by atoms with E-state index in [2.05, 4.69) is 16.2 Å². The molecule has 8 heteroatoms. The zero-order chi connectivity index (χ0) is 22.8. The quantitative estimate of drug-likeness (QED) is 0.466. The fourth-order valence-electron chi connectivity index (χ4n) is 4.25. The van der Waals surface area contributed by atoms with Gasteiger partial charge in [-0.25, -0.2) is 9.67 Å². The molecule has 0 bridgehead atoms. The molecule has 1 aliphatic rings. The molecule has 0 amide bonds. The van der Waals surface area contributed by atoms with Gasteiger partial charge in [-0.2, -0.15) is 10.4 Å². The van der Waals surface area contributed by atoms with Gasteiger partial charge in [0.25, 0.3) is 5.56 Å². The van der Waals surface area contributed by atoms with Crippen molar-refractivity contribution < 1.29 is 9.47 Å². The number of nitriles is 1. The Morgan fingerprint density at radius 1 is 1.27 bits per heavy atom. The maximum absolute atomic E-state index is 13.4. The van der Waals surface area contributed by atoms with Gasteiger partial charge < -0.3 is 9.47 Å². The third-order valence-electron chi connectivity index (χ3n) is 5.96. The molecule has 0 radical (unpaired) electrons. The Morgan fingerprint density at radius 2 is 2.18 bits per heavy atom. The van der Waals surface area contributed by atoms with Crippen molar-refractivity contribution in [1.82, 2.24) is 19.3 Å². The lowest BCUT2D eigenvalue weighted by molar-refractivity contribution is -0.0394. The van der Waals surface area contributed by atoms with Crippen LogP contribution in [0, 0.1) is 11.3 Å². The zero-order valence-corrected chi connectivity index (χ0v) is 18.3. The lowest BCUT2D eigenvalue weighted by Gasteiger charge is -2.22. The molecular weight excluding hydrogens is 418 g/mol. The Hall–Kier alpha value is -3.96. The van der Waals surface area contributed by atoms with E-state index in [-0.39, 0.29) is 11.8 Å². The maximum atomic E-state index is 13.4. The fourth-order valence-corrected chi connectivity index (χ4v) is 4.25. The standard InChI is InChI=1S/C25H23N5O3/c1-32-19-6-4-5-17(11-19)14-29-16-27-22-9-8-20(21(12-26)24(22)25(29)31)18-13-28-30(15-18)23-7-2-3-10-33-23/h4-6,8-9,11,13,15-16,23H,2-3,7,10,14H2,1H3. The van der Waals surface area contributed by atoms with Crippen molar-refractivity contribution in [2.75, 3.05) is 13.7 Å². The summed E-state index contributed by atoms with van der Waals surface area (Å²) in [6, 6.07) is 13.4. The summed E-state index contributed by atoms with van der Waals surface area (Å²) in [6.07, 6.45) is 8.07. The van der Waals surface area contributed by atoms with Crippen LogP contribution in [0.15, 0.2) is 59.9 Å². The molecule has 0 saturated carbocycles. The second-order valence-corrected chi connectivity index (χ2v) is 8.05. The summed E-state index contributed by atoms with van der Waals surface area (Å²) in [4.78, 5) is 17.8. The van der Waals surface area contributed by atoms with E-state index in [1.54, 1.807) is 24.1 Å². The number of hydrogen-bond donors (Lipinski definition) is 0. The highest BCUT2D eigenvalue weighted by atomic mass is 16.5. The predicted octanol–water partition coefficient (Wildman–Crippen LogP) is 3.89. The molecule has 0 N–H and O–H groups in total. The third kappa shape index (κ3) is 3.99. The second kappa shape index (κ2) is 8.88. The Kier molecular flexibility index (Phi) is 5.63. The van der Waals surface area contributed by atoms with Gasteiger partial charge in [0.2, 0.25) is 0 Å². The average Bonchev–Trinajstić information content (AvgIpc) is 3.36. The van der Waals surface area contributed by atoms with E-state index in [1.807, 2.05) is 36.5 Å². The molecule has 2 aromatic carbocycles.